The first kappa shape index (κ1) is 23.6. The molecule has 0 aromatic heterocycles. The molecule has 0 spiro atoms. The van der Waals surface area contributed by atoms with Crippen LogP contribution in [0, 0.1) is 10.1 Å². The smallest absolute Gasteiger partial charge is 0.328 e. The van der Waals surface area contributed by atoms with Crippen LogP contribution < -0.4 is 15.5 Å². The number of rotatable bonds is 10. The second kappa shape index (κ2) is 10.5. The third-order valence-electron chi connectivity index (χ3n) is 6.34. The fourth-order valence-electron chi connectivity index (χ4n) is 4.51. The lowest BCUT2D eigenvalue weighted by Gasteiger charge is -2.47. The average Bonchev–Trinajstić information content (AvgIpc) is 2.78. The number of imide groups is 2. The van der Waals surface area contributed by atoms with Gasteiger partial charge in [0.1, 0.15) is 0 Å². The summed E-state index contributed by atoms with van der Waals surface area (Å²) in [6.45, 7) is 4.19. The van der Waals surface area contributed by atoms with Gasteiger partial charge < -0.3 is 4.90 Å². The average molecular weight is 446 g/mol. The SMILES string of the molecule is CCCCCCCCC1(N2CCN(c3ccc([N+](=O)[O-])cc3)CC2)C(=O)NC(=O)NC1=O. The standard InChI is InChI=1S/C22H31N5O5/c1-2-3-4-5-6-7-12-22(19(28)23-21(30)24-20(22)29)26-15-13-25(14-16-26)17-8-10-18(11-9-17)27(31)32/h8-11H,2-7,12-16H2,1H3,(H2,23,24,28,29,30). The van der Waals surface area contributed by atoms with Gasteiger partial charge >= 0.3 is 6.03 Å². The first-order valence-electron chi connectivity index (χ1n) is 11.3. The molecule has 2 N–H and O–H groups in total. The van der Waals surface area contributed by atoms with Crippen LogP contribution in [-0.4, -0.2) is 59.4 Å². The van der Waals surface area contributed by atoms with Gasteiger partial charge in [-0.1, -0.05) is 45.4 Å². The van der Waals surface area contributed by atoms with E-state index < -0.39 is 28.3 Å². The summed E-state index contributed by atoms with van der Waals surface area (Å²) in [4.78, 5) is 51.9. The van der Waals surface area contributed by atoms with E-state index in [9.17, 15) is 24.5 Å². The van der Waals surface area contributed by atoms with E-state index in [0.29, 0.717) is 32.6 Å². The maximum absolute atomic E-state index is 12.9. The molecule has 10 nitrogen and oxygen atoms in total. The number of piperazine rings is 1. The van der Waals surface area contributed by atoms with E-state index in [0.717, 1.165) is 37.8 Å². The van der Waals surface area contributed by atoms with E-state index >= 15 is 0 Å². The van der Waals surface area contributed by atoms with Crippen molar-refractivity contribution in [3.05, 3.63) is 34.4 Å². The molecule has 2 heterocycles. The third kappa shape index (κ3) is 5.07. The molecule has 0 radical (unpaired) electrons. The maximum Gasteiger partial charge on any atom is 0.328 e. The van der Waals surface area contributed by atoms with Crippen LogP contribution in [0.5, 0.6) is 0 Å². The highest BCUT2D eigenvalue weighted by molar-refractivity contribution is 6.22. The van der Waals surface area contributed by atoms with E-state index in [1.807, 2.05) is 4.90 Å². The van der Waals surface area contributed by atoms with E-state index in [2.05, 4.69) is 22.5 Å². The number of hydrogen-bond donors (Lipinski definition) is 2. The predicted molar refractivity (Wildman–Crippen MR) is 119 cm³/mol. The number of barbiturate groups is 1. The first-order chi connectivity index (χ1) is 15.4. The number of urea groups is 1. The zero-order valence-corrected chi connectivity index (χ0v) is 18.5. The Morgan fingerprint density at radius 2 is 1.47 bits per heavy atom. The molecule has 4 amide bonds. The molecule has 0 unspecified atom stereocenters. The highest BCUT2D eigenvalue weighted by Gasteiger charge is 2.54. The fraction of sp³-hybridized carbons (Fsp3) is 0.591. The van der Waals surface area contributed by atoms with Crippen LogP contribution in [0.2, 0.25) is 0 Å². The lowest BCUT2D eigenvalue weighted by molar-refractivity contribution is -0.384. The monoisotopic (exact) mass is 445 g/mol. The minimum Gasteiger partial charge on any atom is -0.369 e. The Balaban J connectivity index is 1.68. The van der Waals surface area contributed by atoms with Crippen LogP contribution in [0.3, 0.4) is 0 Å². The second-order valence-corrected chi connectivity index (χ2v) is 8.36. The summed E-state index contributed by atoms with van der Waals surface area (Å²) in [5.41, 5.74) is -0.501. The van der Waals surface area contributed by atoms with Gasteiger partial charge in [-0.2, -0.15) is 0 Å². The van der Waals surface area contributed by atoms with Gasteiger partial charge in [-0.3, -0.25) is 35.2 Å². The van der Waals surface area contributed by atoms with E-state index in [4.69, 9.17) is 0 Å². The van der Waals surface area contributed by atoms with Crippen LogP contribution in [-0.2, 0) is 9.59 Å². The van der Waals surface area contributed by atoms with Crippen molar-refractivity contribution >= 4 is 29.2 Å². The summed E-state index contributed by atoms with van der Waals surface area (Å²) in [6, 6.07) is 5.57. The van der Waals surface area contributed by atoms with E-state index in [-0.39, 0.29) is 5.69 Å². The Hall–Kier alpha value is -3.01. The molecule has 10 heteroatoms. The van der Waals surface area contributed by atoms with E-state index in [1.165, 1.54) is 18.6 Å². The van der Waals surface area contributed by atoms with Crippen LogP contribution in [0.25, 0.3) is 0 Å². The second-order valence-electron chi connectivity index (χ2n) is 8.36. The Kier molecular flexibility index (Phi) is 7.79. The molecule has 2 aliphatic heterocycles. The Morgan fingerprint density at radius 1 is 0.906 bits per heavy atom. The minimum atomic E-state index is -1.39. The van der Waals surface area contributed by atoms with Gasteiger partial charge in [0.05, 0.1) is 4.92 Å². The Bertz CT molecular complexity index is 829. The number of nitro groups is 1. The molecule has 2 fully saturated rings. The van der Waals surface area contributed by atoms with Gasteiger partial charge in [0.15, 0.2) is 5.54 Å². The summed E-state index contributed by atoms with van der Waals surface area (Å²) in [6.07, 6.45) is 6.53. The maximum atomic E-state index is 12.9. The van der Waals surface area contributed by atoms with Crippen molar-refractivity contribution in [2.75, 3.05) is 31.1 Å². The van der Waals surface area contributed by atoms with Crippen molar-refractivity contribution in [1.82, 2.24) is 15.5 Å². The topological polar surface area (TPSA) is 125 Å². The molecule has 2 aliphatic rings. The summed E-state index contributed by atoms with van der Waals surface area (Å²) >= 11 is 0. The number of unbranched alkanes of at least 4 members (excludes halogenated alkanes) is 5. The molecule has 0 aliphatic carbocycles. The molecule has 0 bridgehead atoms. The summed E-state index contributed by atoms with van der Waals surface area (Å²) in [5, 5.41) is 15.5. The zero-order chi connectivity index (χ0) is 23.1. The molecule has 1 aromatic carbocycles. The number of nitro benzene ring substituents is 1. The predicted octanol–water partition coefficient (Wildman–Crippen LogP) is 2.57. The quantitative estimate of drug-likeness (QED) is 0.245. The molecule has 2 saturated heterocycles. The van der Waals surface area contributed by atoms with Gasteiger partial charge in [-0.25, -0.2) is 4.79 Å². The van der Waals surface area contributed by atoms with Crippen molar-refractivity contribution in [3.63, 3.8) is 0 Å². The summed E-state index contributed by atoms with van der Waals surface area (Å²) in [7, 11) is 0. The normalized spacial score (nSPS) is 18.9. The highest BCUT2D eigenvalue weighted by atomic mass is 16.6. The van der Waals surface area contributed by atoms with Gasteiger partial charge in [-0.15, -0.1) is 0 Å². The van der Waals surface area contributed by atoms with Gasteiger partial charge in [0.2, 0.25) is 0 Å². The van der Waals surface area contributed by atoms with Crippen LogP contribution in [0.4, 0.5) is 16.2 Å². The molecule has 32 heavy (non-hydrogen) atoms. The minimum absolute atomic E-state index is 0.0329. The number of anilines is 1. The Morgan fingerprint density at radius 3 is 2.03 bits per heavy atom. The molecule has 0 saturated carbocycles. The number of carbonyl (C=O) groups is 3. The highest BCUT2D eigenvalue weighted by Crippen LogP contribution is 2.29. The van der Waals surface area contributed by atoms with E-state index in [1.54, 1.807) is 12.1 Å². The van der Waals surface area contributed by atoms with Crippen molar-refractivity contribution in [2.45, 2.75) is 57.4 Å². The van der Waals surface area contributed by atoms with Crippen molar-refractivity contribution in [1.29, 1.82) is 0 Å². The summed E-state index contributed by atoms with van der Waals surface area (Å²) in [5.74, 6) is -1.10. The van der Waals surface area contributed by atoms with Crippen molar-refractivity contribution < 1.29 is 19.3 Å². The molecule has 174 valence electrons. The third-order valence-corrected chi connectivity index (χ3v) is 6.34. The fourth-order valence-corrected chi connectivity index (χ4v) is 4.51. The van der Waals surface area contributed by atoms with Crippen molar-refractivity contribution in [3.8, 4) is 0 Å². The number of amides is 4. The van der Waals surface area contributed by atoms with Gasteiger partial charge in [0, 0.05) is 44.0 Å². The molecule has 1 aromatic rings. The molecule has 0 atom stereocenters. The number of carbonyl (C=O) groups excluding carboxylic acids is 3. The molecular weight excluding hydrogens is 414 g/mol. The zero-order valence-electron chi connectivity index (χ0n) is 18.5. The first-order valence-corrected chi connectivity index (χ1v) is 11.3. The van der Waals surface area contributed by atoms with Gasteiger partial charge in [-0.05, 0) is 18.6 Å². The summed E-state index contributed by atoms with van der Waals surface area (Å²) < 4.78 is 0. The lowest BCUT2D eigenvalue weighted by Crippen LogP contribution is -2.74. The van der Waals surface area contributed by atoms with Crippen molar-refractivity contribution in [2.24, 2.45) is 0 Å². The number of benzene rings is 1. The lowest BCUT2D eigenvalue weighted by atomic mass is 9.85. The van der Waals surface area contributed by atoms with Crippen LogP contribution >= 0.6 is 0 Å². The molecular formula is C22H31N5O5. The number of non-ortho nitro benzene ring substituents is 1. The number of nitrogens with zero attached hydrogens (tertiary/aromatic N) is 3. The number of hydrogen-bond acceptors (Lipinski definition) is 7. The Labute approximate surface area is 187 Å². The van der Waals surface area contributed by atoms with Crippen LogP contribution in [0.15, 0.2) is 24.3 Å². The molecule has 3 rings (SSSR count). The van der Waals surface area contributed by atoms with Crippen LogP contribution in [0.1, 0.15) is 51.9 Å². The largest absolute Gasteiger partial charge is 0.369 e. The number of nitrogens with one attached hydrogen (secondary N) is 2. The van der Waals surface area contributed by atoms with Gasteiger partial charge in [0.25, 0.3) is 17.5 Å².